The van der Waals surface area contributed by atoms with Gasteiger partial charge in [-0.15, -0.1) is 0 Å². The molecule has 3 aromatic rings. The van der Waals surface area contributed by atoms with Crippen LogP contribution in [-0.2, 0) is 17.9 Å². The number of methoxy groups -OCH3 is 1. The Balaban J connectivity index is 1.72. The molecule has 3 heteroatoms. The van der Waals surface area contributed by atoms with Gasteiger partial charge >= 0.3 is 0 Å². The van der Waals surface area contributed by atoms with Gasteiger partial charge < -0.3 is 10.1 Å². The van der Waals surface area contributed by atoms with E-state index in [1.165, 1.54) is 11.1 Å². The van der Waals surface area contributed by atoms with Crippen LogP contribution in [0.3, 0.4) is 0 Å². The number of benzene rings is 3. The zero-order valence-corrected chi connectivity index (χ0v) is 15.2. The molecule has 0 heterocycles. The number of hydrogen-bond acceptors (Lipinski definition) is 2. The SMILES string of the molecule is COCc1ccccc1C(=O)NCc1cccc(-c2cccc(C)c2)c1. The lowest BCUT2D eigenvalue weighted by molar-refractivity contribution is 0.0946. The smallest absolute Gasteiger partial charge is 0.251 e. The van der Waals surface area contributed by atoms with Crippen LogP contribution >= 0.6 is 0 Å². The Morgan fingerprint density at radius 2 is 1.65 bits per heavy atom. The summed E-state index contributed by atoms with van der Waals surface area (Å²) in [7, 11) is 1.63. The van der Waals surface area contributed by atoms with E-state index in [4.69, 9.17) is 4.74 Å². The Labute approximate surface area is 154 Å². The molecule has 0 spiro atoms. The fourth-order valence-corrected chi connectivity index (χ4v) is 2.99. The standard InChI is InChI=1S/C23H23NO2/c1-17-7-5-10-19(13-17)20-11-6-8-18(14-20)15-24-23(25)22-12-4-3-9-21(22)16-26-2/h3-14H,15-16H2,1-2H3,(H,24,25). The highest BCUT2D eigenvalue weighted by Gasteiger charge is 2.10. The largest absolute Gasteiger partial charge is 0.380 e. The van der Waals surface area contributed by atoms with Gasteiger partial charge in [-0.2, -0.15) is 0 Å². The highest BCUT2D eigenvalue weighted by atomic mass is 16.5. The van der Waals surface area contributed by atoms with E-state index in [1.54, 1.807) is 7.11 Å². The van der Waals surface area contributed by atoms with Crippen molar-refractivity contribution < 1.29 is 9.53 Å². The number of ether oxygens (including phenoxy) is 1. The molecule has 3 rings (SSSR count). The molecule has 0 aliphatic rings. The van der Waals surface area contributed by atoms with Gasteiger partial charge in [-0.25, -0.2) is 0 Å². The van der Waals surface area contributed by atoms with Crippen LogP contribution in [0.25, 0.3) is 11.1 Å². The molecule has 0 fully saturated rings. The van der Waals surface area contributed by atoms with E-state index >= 15 is 0 Å². The molecule has 1 amide bonds. The van der Waals surface area contributed by atoms with Crippen LogP contribution < -0.4 is 5.32 Å². The normalized spacial score (nSPS) is 10.5. The summed E-state index contributed by atoms with van der Waals surface area (Å²) in [6.07, 6.45) is 0. The van der Waals surface area contributed by atoms with Crippen molar-refractivity contribution >= 4 is 5.91 Å². The zero-order valence-electron chi connectivity index (χ0n) is 15.2. The average molecular weight is 345 g/mol. The molecule has 1 N–H and O–H groups in total. The summed E-state index contributed by atoms with van der Waals surface area (Å²) in [5, 5.41) is 3.01. The van der Waals surface area contributed by atoms with Crippen molar-refractivity contribution in [2.45, 2.75) is 20.1 Å². The lowest BCUT2D eigenvalue weighted by atomic mass is 10.0. The second-order valence-electron chi connectivity index (χ2n) is 6.34. The average Bonchev–Trinajstić information content (AvgIpc) is 2.67. The first-order chi connectivity index (χ1) is 12.7. The molecule has 3 nitrogen and oxygen atoms in total. The van der Waals surface area contributed by atoms with E-state index in [0.29, 0.717) is 18.7 Å². The fraction of sp³-hybridized carbons (Fsp3) is 0.174. The summed E-state index contributed by atoms with van der Waals surface area (Å²) in [5.74, 6) is -0.0846. The zero-order chi connectivity index (χ0) is 18.4. The van der Waals surface area contributed by atoms with Gasteiger partial charge in [-0.1, -0.05) is 66.2 Å². The molecule has 0 aliphatic carbocycles. The number of carbonyl (C=O) groups is 1. The molecule has 0 saturated carbocycles. The summed E-state index contributed by atoms with van der Waals surface area (Å²) >= 11 is 0. The van der Waals surface area contributed by atoms with Gasteiger partial charge in [-0.05, 0) is 41.3 Å². The third kappa shape index (κ3) is 4.38. The molecule has 0 aliphatic heterocycles. The molecule has 132 valence electrons. The Morgan fingerprint density at radius 3 is 2.42 bits per heavy atom. The highest BCUT2D eigenvalue weighted by Crippen LogP contribution is 2.21. The molecule has 0 unspecified atom stereocenters. The van der Waals surface area contributed by atoms with E-state index in [1.807, 2.05) is 36.4 Å². The van der Waals surface area contributed by atoms with Gasteiger partial charge in [0.2, 0.25) is 0 Å². The second-order valence-corrected chi connectivity index (χ2v) is 6.34. The summed E-state index contributed by atoms with van der Waals surface area (Å²) in [4.78, 5) is 12.5. The van der Waals surface area contributed by atoms with Gasteiger partial charge in [-0.3, -0.25) is 4.79 Å². The number of nitrogens with one attached hydrogen (secondary N) is 1. The molecule has 3 aromatic carbocycles. The summed E-state index contributed by atoms with van der Waals surface area (Å²) in [6, 6.07) is 24.2. The second kappa shape index (κ2) is 8.45. The quantitative estimate of drug-likeness (QED) is 0.701. The first-order valence-electron chi connectivity index (χ1n) is 8.68. The lowest BCUT2D eigenvalue weighted by Gasteiger charge is -2.11. The molecule has 0 radical (unpaired) electrons. The lowest BCUT2D eigenvalue weighted by Crippen LogP contribution is -2.24. The van der Waals surface area contributed by atoms with E-state index in [9.17, 15) is 4.79 Å². The number of hydrogen-bond donors (Lipinski definition) is 1. The molecular weight excluding hydrogens is 322 g/mol. The molecule has 0 saturated heterocycles. The maximum atomic E-state index is 12.5. The minimum atomic E-state index is -0.0846. The predicted molar refractivity (Wildman–Crippen MR) is 105 cm³/mol. The van der Waals surface area contributed by atoms with Crippen LogP contribution in [-0.4, -0.2) is 13.0 Å². The first kappa shape index (κ1) is 17.9. The fourth-order valence-electron chi connectivity index (χ4n) is 2.99. The third-order valence-electron chi connectivity index (χ3n) is 4.29. The van der Waals surface area contributed by atoms with Crippen LogP contribution in [0.5, 0.6) is 0 Å². The van der Waals surface area contributed by atoms with Crippen LogP contribution in [0.4, 0.5) is 0 Å². The van der Waals surface area contributed by atoms with Crippen molar-refractivity contribution in [3.8, 4) is 11.1 Å². The minimum absolute atomic E-state index is 0.0846. The number of aryl methyl sites for hydroxylation is 1. The molecule has 26 heavy (non-hydrogen) atoms. The van der Waals surface area contributed by atoms with Crippen LogP contribution in [0, 0.1) is 6.92 Å². The summed E-state index contributed by atoms with van der Waals surface area (Å²) in [5.41, 5.74) is 6.19. The number of rotatable bonds is 6. The maximum absolute atomic E-state index is 12.5. The van der Waals surface area contributed by atoms with Gasteiger partial charge in [0.05, 0.1) is 6.61 Å². The molecule has 0 bridgehead atoms. The third-order valence-corrected chi connectivity index (χ3v) is 4.29. The van der Waals surface area contributed by atoms with E-state index in [2.05, 4.69) is 48.6 Å². The summed E-state index contributed by atoms with van der Waals surface area (Å²) < 4.78 is 5.18. The van der Waals surface area contributed by atoms with Crippen molar-refractivity contribution in [2.24, 2.45) is 0 Å². The van der Waals surface area contributed by atoms with Gasteiger partial charge in [0.25, 0.3) is 5.91 Å². The van der Waals surface area contributed by atoms with Crippen molar-refractivity contribution in [2.75, 3.05) is 7.11 Å². The molecule has 0 aromatic heterocycles. The van der Waals surface area contributed by atoms with Crippen molar-refractivity contribution in [3.63, 3.8) is 0 Å². The van der Waals surface area contributed by atoms with Crippen molar-refractivity contribution in [1.29, 1.82) is 0 Å². The highest BCUT2D eigenvalue weighted by molar-refractivity contribution is 5.95. The Hall–Kier alpha value is -2.91. The van der Waals surface area contributed by atoms with Crippen molar-refractivity contribution in [1.82, 2.24) is 5.32 Å². The van der Waals surface area contributed by atoms with Crippen molar-refractivity contribution in [3.05, 3.63) is 95.1 Å². The molecule has 0 atom stereocenters. The van der Waals surface area contributed by atoms with Crippen LogP contribution in [0.1, 0.15) is 27.0 Å². The maximum Gasteiger partial charge on any atom is 0.251 e. The monoisotopic (exact) mass is 345 g/mol. The van der Waals surface area contributed by atoms with E-state index < -0.39 is 0 Å². The predicted octanol–water partition coefficient (Wildman–Crippen LogP) is 4.74. The summed E-state index contributed by atoms with van der Waals surface area (Å²) in [6.45, 7) is 3.00. The first-order valence-corrected chi connectivity index (χ1v) is 8.68. The minimum Gasteiger partial charge on any atom is -0.380 e. The Kier molecular flexibility index (Phi) is 5.82. The van der Waals surface area contributed by atoms with Gasteiger partial charge in [0.1, 0.15) is 0 Å². The van der Waals surface area contributed by atoms with E-state index in [0.717, 1.165) is 16.7 Å². The Morgan fingerprint density at radius 1 is 0.923 bits per heavy atom. The van der Waals surface area contributed by atoms with Crippen LogP contribution in [0.2, 0.25) is 0 Å². The number of carbonyl (C=O) groups excluding carboxylic acids is 1. The van der Waals surface area contributed by atoms with Gasteiger partial charge in [0, 0.05) is 19.2 Å². The molecular formula is C23H23NO2. The number of amides is 1. The Bertz CT molecular complexity index is 902. The van der Waals surface area contributed by atoms with Gasteiger partial charge in [0.15, 0.2) is 0 Å². The topological polar surface area (TPSA) is 38.3 Å². The van der Waals surface area contributed by atoms with Crippen LogP contribution in [0.15, 0.2) is 72.8 Å². The van der Waals surface area contributed by atoms with E-state index in [-0.39, 0.29) is 5.91 Å².